The molecule has 4 nitrogen and oxygen atoms in total. The van der Waals surface area contributed by atoms with Crippen molar-refractivity contribution in [2.24, 2.45) is 0 Å². The molecule has 0 saturated heterocycles. The highest BCUT2D eigenvalue weighted by molar-refractivity contribution is 6.34. The van der Waals surface area contributed by atoms with Crippen molar-refractivity contribution >= 4 is 23.2 Å². The van der Waals surface area contributed by atoms with E-state index in [-0.39, 0.29) is 5.91 Å². The Bertz CT molecular complexity index is 644. The van der Waals surface area contributed by atoms with Gasteiger partial charge in [-0.15, -0.1) is 0 Å². The van der Waals surface area contributed by atoms with E-state index in [1.54, 1.807) is 18.2 Å². The second-order valence-corrected chi connectivity index (χ2v) is 5.07. The molecule has 110 valence electrons. The van der Waals surface area contributed by atoms with Gasteiger partial charge < -0.3 is 15.8 Å². The molecule has 3 N–H and O–H groups in total. The Hall–Kier alpha value is -2.20. The van der Waals surface area contributed by atoms with Gasteiger partial charge >= 0.3 is 0 Å². The number of benzene rings is 2. The number of carbonyl (C=O) groups is 1. The van der Waals surface area contributed by atoms with E-state index >= 15 is 0 Å². The summed E-state index contributed by atoms with van der Waals surface area (Å²) in [4.78, 5) is 12.0. The minimum absolute atomic E-state index is 0.264. The first-order valence-corrected chi connectivity index (χ1v) is 6.97. The largest absolute Gasteiger partial charge is 0.492 e. The molecule has 0 saturated carbocycles. The molecule has 0 bridgehead atoms. The van der Waals surface area contributed by atoms with E-state index in [0.717, 1.165) is 11.3 Å². The highest BCUT2D eigenvalue weighted by Gasteiger charge is 2.10. The van der Waals surface area contributed by atoms with Gasteiger partial charge in [-0.1, -0.05) is 23.7 Å². The molecule has 0 aromatic heterocycles. The number of hydrogen-bond acceptors (Lipinski definition) is 3. The van der Waals surface area contributed by atoms with Crippen molar-refractivity contribution < 1.29 is 9.53 Å². The lowest BCUT2D eigenvalue weighted by Crippen LogP contribution is -2.28. The Morgan fingerprint density at radius 3 is 2.86 bits per heavy atom. The molecule has 0 atom stereocenters. The number of nitrogens with one attached hydrogen (secondary N) is 1. The van der Waals surface area contributed by atoms with Crippen molar-refractivity contribution in [2.75, 3.05) is 18.9 Å². The summed E-state index contributed by atoms with van der Waals surface area (Å²) in [6, 6.07) is 12.6. The lowest BCUT2D eigenvalue weighted by Gasteiger charge is -2.09. The number of rotatable bonds is 5. The van der Waals surface area contributed by atoms with Crippen LogP contribution in [-0.2, 0) is 0 Å². The predicted octanol–water partition coefficient (Wildman–Crippen LogP) is 3.04. The summed E-state index contributed by atoms with van der Waals surface area (Å²) in [5.74, 6) is 0.520. The average Bonchev–Trinajstić information content (AvgIpc) is 2.46. The molecule has 1 amide bonds. The van der Waals surface area contributed by atoms with E-state index < -0.39 is 0 Å². The Morgan fingerprint density at radius 1 is 1.29 bits per heavy atom. The maximum atomic E-state index is 12.0. The number of halogens is 1. The van der Waals surface area contributed by atoms with Crippen LogP contribution in [0, 0.1) is 6.92 Å². The monoisotopic (exact) mass is 304 g/mol. The van der Waals surface area contributed by atoms with Gasteiger partial charge in [0.15, 0.2) is 0 Å². The summed E-state index contributed by atoms with van der Waals surface area (Å²) >= 11 is 5.97. The van der Waals surface area contributed by atoms with Gasteiger partial charge in [-0.3, -0.25) is 4.79 Å². The van der Waals surface area contributed by atoms with Gasteiger partial charge in [-0.05, 0) is 42.8 Å². The second-order valence-electron chi connectivity index (χ2n) is 4.66. The third-order valence-electron chi connectivity index (χ3n) is 2.88. The fraction of sp³-hybridized carbons (Fsp3) is 0.188. The number of hydrogen-bond donors (Lipinski definition) is 2. The van der Waals surface area contributed by atoms with Crippen LogP contribution in [0.2, 0.25) is 5.02 Å². The zero-order valence-electron chi connectivity index (χ0n) is 11.7. The number of amides is 1. The smallest absolute Gasteiger partial charge is 0.252 e. The fourth-order valence-corrected chi connectivity index (χ4v) is 2.05. The summed E-state index contributed by atoms with van der Waals surface area (Å²) in [6.45, 7) is 2.77. The lowest BCUT2D eigenvalue weighted by molar-refractivity contribution is 0.0947. The predicted molar refractivity (Wildman–Crippen MR) is 84.9 cm³/mol. The molecule has 5 heteroatoms. The van der Waals surface area contributed by atoms with Crippen LogP contribution in [0.15, 0.2) is 42.5 Å². The Labute approximate surface area is 128 Å². The average molecular weight is 305 g/mol. The van der Waals surface area contributed by atoms with E-state index in [4.69, 9.17) is 22.1 Å². The molecule has 0 aliphatic rings. The van der Waals surface area contributed by atoms with Crippen LogP contribution in [0.5, 0.6) is 5.75 Å². The number of nitrogen functional groups attached to an aromatic ring is 1. The van der Waals surface area contributed by atoms with Gasteiger partial charge in [-0.25, -0.2) is 0 Å². The Kier molecular flexibility index (Phi) is 5.06. The molecule has 21 heavy (non-hydrogen) atoms. The second kappa shape index (κ2) is 6.99. The van der Waals surface area contributed by atoms with Crippen LogP contribution in [0.1, 0.15) is 15.9 Å². The first kappa shape index (κ1) is 15.2. The summed E-state index contributed by atoms with van der Waals surface area (Å²) in [7, 11) is 0. The first-order valence-electron chi connectivity index (χ1n) is 6.59. The Balaban J connectivity index is 1.83. The van der Waals surface area contributed by atoms with Gasteiger partial charge in [0, 0.05) is 5.69 Å². The van der Waals surface area contributed by atoms with Crippen LogP contribution in [0.4, 0.5) is 5.69 Å². The van der Waals surface area contributed by atoms with Crippen molar-refractivity contribution in [1.29, 1.82) is 0 Å². The molecule has 0 fully saturated rings. The minimum Gasteiger partial charge on any atom is -0.492 e. The molecule has 0 aliphatic heterocycles. The van der Waals surface area contributed by atoms with Crippen LogP contribution in [0.3, 0.4) is 0 Å². The normalized spacial score (nSPS) is 10.2. The van der Waals surface area contributed by atoms with Gasteiger partial charge in [0.05, 0.1) is 17.1 Å². The van der Waals surface area contributed by atoms with Crippen LogP contribution >= 0.6 is 11.6 Å². The summed E-state index contributed by atoms with van der Waals surface area (Å²) in [5, 5.41) is 3.12. The van der Waals surface area contributed by atoms with E-state index in [0.29, 0.717) is 29.4 Å². The van der Waals surface area contributed by atoms with Crippen LogP contribution in [0.25, 0.3) is 0 Å². The SMILES string of the molecule is Cc1cccc(OCCNC(=O)c2cc(N)ccc2Cl)c1. The molecular weight excluding hydrogens is 288 g/mol. The van der Waals surface area contributed by atoms with Crippen molar-refractivity contribution in [2.45, 2.75) is 6.92 Å². The van der Waals surface area contributed by atoms with E-state index in [1.807, 2.05) is 31.2 Å². The number of anilines is 1. The maximum Gasteiger partial charge on any atom is 0.252 e. The molecule has 0 unspecified atom stereocenters. The van der Waals surface area contributed by atoms with E-state index in [2.05, 4.69) is 5.32 Å². The van der Waals surface area contributed by atoms with Crippen LogP contribution in [-0.4, -0.2) is 19.1 Å². The van der Waals surface area contributed by atoms with Crippen molar-refractivity contribution in [3.8, 4) is 5.75 Å². The molecule has 2 aromatic rings. The summed E-state index contributed by atoms with van der Waals surface area (Å²) < 4.78 is 5.55. The van der Waals surface area contributed by atoms with Gasteiger partial charge in [0.1, 0.15) is 12.4 Å². The minimum atomic E-state index is -0.264. The third kappa shape index (κ3) is 4.39. The molecule has 2 aromatic carbocycles. The summed E-state index contributed by atoms with van der Waals surface area (Å²) in [5.41, 5.74) is 7.64. The first-order chi connectivity index (χ1) is 10.1. The van der Waals surface area contributed by atoms with Crippen molar-refractivity contribution in [3.63, 3.8) is 0 Å². The van der Waals surface area contributed by atoms with Gasteiger partial charge in [0.2, 0.25) is 0 Å². The molecular formula is C16H17ClN2O2. The molecule has 0 spiro atoms. The van der Waals surface area contributed by atoms with E-state index in [9.17, 15) is 4.79 Å². The molecule has 0 heterocycles. The van der Waals surface area contributed by atoms with Crippen molar-refractivity contribution in [1.82, 2.24) is 5.32 Å². The molecule has 0 aliphatic carbocycles. The topological polar surface area (TPSA) is 64.3 Å². The number of carbonyl (C=O) groups excluding carboxylic acids is 1. The maximum absolute atomic E-state index is 12.0. The molecule has 2 rings (SSSR count). The van der Waals surface area contributed by atoms with Gasteiger partial charge in [0.25, 0.3) is 5.91 Å². The van der Waals surface area contributed by atoms with Gasteiger partial charge in [-0.2, -0.15) is 0 Å². The number of ether oxygens (including phenoxy) is 1. The number of nitrogens with two attached hydrogens (primary N) is 1. The standard InChI is InChI=1S/C16H17ClN2O2/c1-11-3-2-4-13(9-11)21-8-7-19-16(20)14-10-12(18)5-6-15(14)17/h2-6,9-10H,7-8,18H2,1H3,(H,19,20). The lowest BCUT2D eigenvalue weighted by atomic mass is 10.2. The highest BCUT2D eigenvalue weighted by atomic mass is 35.5. The zero-order chi connectivity index (χ0) is 15.2. The fourth-order valence-electron chi connectivity index (χ4n) is 1.85. The zero-order valence-corrected chi connectivity index (χ0v) is 12.5. The quantitative estimate of drug-likeness (QED) is 0.659. The summed E-state index contributed by atoms with van der Waals surface area (Å²) in [6.07, 6.45) is 0. The third-order valence-corrected chi connectivity index (χ3v) is 3.21. The van der Waals surface area contributed by atoms with E-state index in [1.165, 1.54) is 0 Å². The van der Waals surface area contributed by atoms with Crippen molar-refractivity contribution in [3.05, 3.63) is 58.6 Å². The van der Waals surface area contributed by atoms with Crippen LogP contribution < -0.4 is 15.8 Å². The Morgan fingerprint density at radius 2 is 2.10 bits per heavy atom. The number of aryl methyl sites for hydroxylation is 1. The highest BCUT2D eigenvalue weighted by Crippen LogP contribution is 2.18. The molecule has 0 radical (unpaired) electrons.